The van der Waals surface area contributed by atoms with Crippen LogP contribution < -0.4 is 14.8 Å². The van der Waals surface area contributed by atoms with E-state index < -0.39 is 17.8 Å². The van der Waals surface area contributed by atoms with Gasteiger partial charge in [0.15, 0.2) is 11.5 Å². The van der Waals surface area contributed by atoms with Crippen molar-refractivity contribution in [2.24, 2.45) is 5.92 Å². The zero-order chi connectivity index (χ0) is 20.8. The molecule has 28 heavy (non-hydrogen) atoms. The Kier molecular flexibility index (Phi) is 7.92. The average Bonchev–Trinajstić information content (AvgIpc) is 2.61. The Morgan fingerprint density at radius 2 is 1.82 bits per heavy atom. The predicted octanol–water partition coefficient (Wildman–Crippen LogP) is 4.92. The number of nitrogens with one attached hydrogen (secondary N) is 1. The summed E-state index contributed by atoms with van der Waals surface area (Å²) in [5, 5.41) is 12.9. The molecule has 0 amide bonds. The number of ether oxygens (including phenoxy) is 2. The minimum absolute atomic E-state index is 0.0822. The standard InChI is InChI=1S/C20H22Cl2FNO4/c1-11(2)19(20(25)26)24-9-13-6-17(27-3)18(8-16(13)22)28-10-12-4-5-14(23)7-15(12)21/h4-8,11,19,24H,9-10H2,1-3H3,(H,25,26). The molecule has 0 spiro atoms. The van der Waals surface area contributed by atoms with Gasteiger partial charge in [-0.1, -0.05) is 43.1 Å². The maximum Gasteiger partial charge on any atom is 0.320 e. The van der Waals surface area contributed by atoms with Crippen LogP contribution >= 0.6 is 23.2 Å². The smallest absolute Gasteiger partial charge is 0.320 e. The first-order chi connectivity index (χ1) is 13.2. The van der Waals surface area contributed by atoms with Crippen molar-refractivity contribution in [2.45, 2.75) is 33.0 Å². The fraction of sp³-hybridized carbons (Fsp3) is 0.350. The zero-order valence-corrected chi connectivity index (χ0v) is 17.3. The molecule has 0 aliphatic heterocycles. The molecule has 8 heteroatoms. The van der Waals surface area contributed by atoms with E-state index in [0.717, 1.165) is 0 Å². The van der Waals surface area contributed by atoms with Crippen LogP contribution in [-0.2, 0) is 17.9 Å². The van der Waals surface area contributed by atoms with Crippen molar-refractivity contribution >= 4 is 29.2 Å². The van der Waals surface area contributed by atoms with Crippen molar-refractivity contribution in [1.82, 2.24) is 5.32 Å². The summed E-state index contributed by atoms with van der Waals surface area (Å²) in [5.74, 6) is -0.589. The molecule has 2 N–H and O–H groups in total. The van der Waals surface area contributed by atoms with Gasteiger partial charge in [0, 0.05) is 23.2 Å². The van der Waals surface area contributed by atoms with E-state index in [-0.39, 0.29) is 24.1 Å². The van der Waals surface area contributed by atoms with Crippen molar-refractivity contribution in [1.29, 1.82) is 0 Å². The highest BCUT2D eigenvalue weighted by Crippen LogP contribution is 2.34. The number of benzene rings is 2. The molecule has 0 saturated heterocycles. The number of carboxylic acid groups (broad SMARTS) is 1. The van der Waals surface area contributed by atoms with Gasteiger partial charge in [0.25, 0.3) is 0 Å². The third-order valence-corrected chi connectivity index (χ3v) is 4.88. The fourth-order valence-electron chi connectivity index (χ4n) is 2.61. The first-order valence-electron chi connectivity index (χ1n) is 8.62. The second-order valence-electron chi connectivity index (χ2n) is 6.56. The molecule has 0 bridgehead atoms. The maximum atomic E-state index is 13.2. The Morgan fingerprint density at radius 3 is 2.39 bits per heavy atom. The Bertz CT molecular complexity index is 845. The molecule has 0 aromatic heterocycles. The average molecular weight is 430 g/mol. The van der Waals surface area contributed by atoms with Gasteiger partial charge in [-0.15, -0.1) is 0 Å². The van der Waals surface area contributed by atoms with Gasteiger partial charge in [-0.05, 0) is 29.7 Å². The molecule has 2 aromatic rings. The van der Waals surface area contributed by atoms with Crippen molar-refractivity contribution in [2.75, 3.05) is 7.11 Å². The second kappa shape index (κ2) is 9.96. The molecule has 1 atom stereocenters. The number of rotatable bonds is 9. The Morgan fingerprint density at radius 1 is 1.14 bits per heavy atom. The van der Waals surface area contributed by atoms with Crippen LogP contribution in [0.1, 0.15) is 25.0 Å². The van der Waals surface area contributed by atoms with E-state index in [1.807, 2.05) is 13.8 Å². The SMILES string of the molecule is COc1cc(CNC(C(=O)O)C(C)C)c(Cl)cc1OCc1ccc(F)cc1Cl. The summed E-state index contributed by atoms with van der Waals surface area (Å²) in [4.78, 5) is 11.3. The van der Waals surface area contributed by atoms with Crippen LogP contribution in [0, 0.1) is 11.7 Å². The van der Waals surface area contributed by atoms with Gasteiger partial charge in [-0.25, -0.2) is 4.39 Å². The minimum atomic E-state index is -0.922. The summed E-state index contributed by atoms with van der Waals surface area (Å²) >= 11 is 12.4. The van der Waals surface area contributed by atoms with Crippen molar-refractivity contribution < 1.29 is 23.8 Å². The number of hydrogen-bond donors (Lipinski definition) is 2. The van der Waals surface area contributed by atoms with E-state index in [1.165, 1.54) is 19.2 Å². The van der Waals surface area contributed by atoms with Crippen molar-refractivity contribution in [3.05, 3.63) is 57.3 Å². The minimum Gasteiger partial charge on any atom is -0.493 e. The highest BCUT2D eigenvalue weighted by molar-refractivity contribution is 6.31. The first kappa shape index (κ1) is 22.3. The zero-order valence-electron chi connectivity index (χ0n) is 15.8. The quantitative estimate of drug-likeness (QED) is 0.591. The largest absolute Gasteiger partial charge is 0.493 e. The molecule has 0 fully saturated rings. The molecule has 0 aliphatic carbocycles. The molecular formula is C20H22Cl2FNO4. The summed E-state index contributed by atoms with van der Waals surface area (Å²) < 4.78 is 24.3. The third-order valence-electron chi connectivity index (χ3n) is 4.18. The number of methoxy groups -OCH3 is 1. The van der Waals surface area contributed by atoms with Gasteiger partial charge in [-0.2, -0.15) is 0 Å². The van der Waals surface area contributed by atoms with E-state index >= 15 is 0 Å². The highest BCUT2D eigenvalue weighted by atomic mass is 35.5. The van der Waals surface area contributed by atoms with Gasteiger partial charge in [0.05, 0.1) is 12.1 Å². The highest BCUT2D eigenvalue weighted by Gasteiger charge is 2.21. The van der Waals surface area contributed by atoms with Crippen LogP contribution in [0.2, 0.25) is 10.0 Å². The number of aliphatic carboxylic acids is 1. The molecular weight excluding hydrogens is 408 g/mol. The number of carboxylic acids is 1. The lowest BCUT2D eigenvalue weighted by atomic mass is 10.0. The Hall–Kier alpha value is -2.02. The van der Waals surface area contributed by atoms with E-state index in [1.54, 1.807) is 18.2 Å². The van der Waals surface area contributed by atoms with E-state index in [9.17, 15) is 14.3 Å². The van der Waals surface area contributed by atoms with E-state index in [0.29, 0.717) is 27.6 Å². The summed E-state index contributed by atoms with van der Waals surface area (Å²) in [6.07, 6.45) is 0. The molecule has 0 radical (unpaired) electrons. The van der Waals surface area contributed by atoms with Gasteiger partial charge in [-0.3, -0.25) is 4.79 Å². The Balaban J connectivity index is 2.15. The van der Waals surface area contributed by atoms with Crippen LogP contribution in [0.25, 0.3) is 0 Å². The first-order valence-corrected chi connectivity index (χ1v) is 9.37. The third kappa shape index (κ3) is 5.74. The van der Waals surface area contributed by atoms with Gasteiger partial charge < -0.3 is 19.9 Å². The molecule has 0 saturated carbocycles. The maximum absolute atomic E-state index is 13.2. The Labute approximate surface area is 173 Å². The lowest BCUT2D eigenvalue weighted by molar-refractivity contribution is -0.140. The van der Waals surface area contributed by atoms with Crippen molar-refractivity contribution in [3.8, 4) is 11.5 Å². The summed E-state index contributed by atoms with van der Waals surface area (Å²) in [6.45, 7) is 4.02. The van der Waals surface area contributed by atoms with E-state index in [2.05, 4.69) is 5.32 Å². The summed E-state index contributed by atoms with van der Waals surface area (Å²) in [7, 11) is 1.49. The monoisotopic (exact) mass is 429 g/mol. The lowest BCUT2D eigenvalue weighted by Crippen LogP contribution is -2.40. The molecule has 2 rings (SSSR count). The van der Waals surface area contributed by atoms with Gasteiger partial charge in [0.1, 0.15) is 18.5 Å². The molecule has 2 aromatic carbocycles. The normalized spacial score (nSPS) is 12.1. The van der Waals surface area contributed by atoms with Crippen LogP contribution in [0.3, 0.4) is 0 Å². The summed E-state index contributed by atoms with van der Waals surface area (Å²) in [6, 6.07) is 6.65. The predicted molar refractivity (Wildman–Crippen MR) is 107 cm³/mol. The number of carbonyl (C=O) groups is 1. The van der Waals surface area contributed by atoms with Crippen LogP contribution in [0.5, 0.6) is 11.5 Å². The van der Waals surface area contributed by atoms with Crippen LogP contribution in [0.15, 0.2) is 30.3 Å². The molecule has 1 unspecified atom stereocenters. The second-order valence-corrected chi connectivity index (χ2v) is 7.37. The van der Waals surface area contributed by atoms with Crippen molar-refractivity contribution in [3.63, 3.8) is 0 Å². The summed E-state index contributed by atoms with van der Waals surface area (Å²) in [5.41, 5.74) is 1.30. The molecule has 0 aliphatic rings. The fourth-order valence-corrected chi connectivity index (χ4v) is 3.05. The topological polar surface area (TPSA) is 67.8 Å². The van der Waals surface area contributed by atoms with Gasteiger partial charge >= 0.3 is 5.97 Å². The van der Waals surface area contributed by atoms with Crippen LogP contribution in [0.4, 0.5) is 4.39 Å². The van der Waals surface area contributed by atoms with Gasteiger partial charge in [0.2, 0.25) is 0 Å². The number of hydrogen-bond acceptors (Lipinski definition) is 4. The molecule has 0 heterocycles. The molecule has 5 nitrogen and oxygen atoms in total. The molecule has 152 valence electrons. The van der Waals surface area contributed by atoms with Crippen LogP contribution in [-0.4, -0.2) is 24.2 Å². The van der Waals surface area contributed by atoms with E-state index in [4.69, 9.17) is 32.7 Å². The lowest BCUT2D eigenvalue weighted by Gasteiger charge is -2.19. The number of halogens is 3.